The van der Waals surface area contributed by atoms with Gasteiger partial charge in [-0.15, -0.1) is 10.2 Å². The van der Waals surface area contributed by atoms with Crippen molar-refractivity contribution in [3.8, 4) is 5.69 Å². The number of rotatable bonds is 7. The van der Waals surface area contributed by atoms with E-state index in [9.17, 15) is 9.59 Å². The second-order valence-electron chi connectivity index (χ2n) is 6.47. The second kappa shape index (κ2) is 9.97. The third-order valence-corrected chi connectivity index (χ3v) is 5.80. The highest BCUT2D eigenvalue weighted by molar-refractivity contribution is 7.99. The molecule has 0 saturated heterocycles. The SMILES string of the molecule is CC(=O)Nc1cccc(-n2cnnc2SCC(=O)NC(C)c2ccc(Cl)c(Cl)c2)c1. The number of hydrogen-bond donors (Lipinski definition) is 2. The first-order valence-electron chi connectivity index (χ1n) is 8.98. The van der Waals surface area contributed by atoms with E-state index in [-0.39, 0.29) is 23.6 Å². The average molecular weight is 464 g/mol. The van der Waals surface area contributed by atoms with Crippen LogP contribution in [0.2, 0.25) is 10.0 Å². The Hall–Kier alpha value is -2.55. The molecule has 2 N–H and O–H groups in total. The standard InChI is InChI=1S/C20H19Cl2N5O2S/c1-12(14-6-7-17(21)18(22)8-14)24-19(29)10-30-20-26-23-11-27(20)16-5-3-4-15(9-16)25-13(2)28/h3-9,11-12H,10H2,1-2H3,(H,24,29)(H,25,28). The number of halogens is 2. The van der Waals surface area contributed by atoms with Crippen molar-refractivity contribution in [3.05, 3.63) is 64.4 Å². The first-order valence-corrected chi connectivity index (χ1v) is 10.7. The molecule has 0 aliphatic rings. The number of thioether (sulfide) groups is 1. The molecule has 0 radical (unpaired) electrons. The molecule has 0 bridgehead atoms. The van der Waals surface area contributed by atoms with Gasteiger partial charge in [-0.1, -0.05) is 47.1 Å². The fraction of sp³-hybridized carbons (Fsp3) is 0.200. The van der Waals surface area contributed by atoms with Crippen molar-refractivity contribution in [3.63, 3.8) is 0 Å². The molecule has 0 spiro atoms. The van der Waals surface area contributed by atoms with Crippen LogP contribution >= 0.6 is 35.0 Å². The molecule has 7 nitrogen and oxygen atoms in total. The number of nitrogens with zero attached hydrogens (tertiary/aromatic N) is 3. The smallest absolute Gasteiger partial charge is 0.230 e. The zero-order valence-corrected chi connectivity index (χ0v) is 18.6. The van der Waals surface area contributed by atoms with Gasteiger partial charge in [-0.2, -0.15) is 0 Å². The predicted molar refractivity (Wildman–Crippen MR) is 119 cm³/mol. The average Bonchev–Trinajstić information content (AvgIpc) is 3.17. The van der Waals surface area contributed by atoms with E-state index in [1.165, 1.54) is 18.7 Å². The molecule has 0 fully saturated rings. The number of amides is 2. The van der Waals surface area contributed by atoms with Crippen LogP contribution in [-0.2, 0) is 9.59 Å². The highest BCUT2D eigenvalue weighted by Gasteiger charge is 2.14. The molecule has 30 heavy (non-hydrogen) atoms. The summed E-state index contributed by atoms with van der Waals surface area (Å²) in [4.78, 5) is 23.7. The molecule has 0 aliphatic heterocycles. The summed E-state index contributed by atoms with van der Waals surface area (Å²) in [6.07, 6.45) is 1.56. The maximum atomic E-state index is 12.4. The first-order chi connectivity index (χ1) is 14.3. The summed E-state index contributed by atoms with van der Waals surface area (Å²) in [6, 6.07) is 12.3. The molecular weight excluding hydrogens is 445 g/mol. The quantitative estimate of drug-likeness (QED) is 0.503. The predicted octanol–water partition coefficient (Wildman–Crippen LogP) is 4.50. The van der Waals surface area contributed by atoms with Gasteiger partial charge in [-0.3, -0.25) is 14.2 Å². The largest absolute Gasteiger partial charge is 0.349 e. The van der Waals surface area contributed by atoms with Gasteiger partial charge in [-0.05, 0) is 42.8 Å². The monoisotopic (exact) mass is 463 g/mol. The van der Waals surface area contributed by atoms with E-state index in [0.29, 0.717) is 20.9 Å². The highest BCUT2D eigenvalue weighted by Crippen LogP contribution is 2.26. The van der Waals surface area contributed by atoms with Gasteiger partial charge >= 0.3 is 0 Å². The first kappa shape index (κ1) is 22.1. The molecule has 0 aliphatic carbocycles. The number of benzene rings is 2. The van der Waals surface area contributed by atoms with E-state index < -0.39 is 0 Å². The van der Waals surface area contributed by atoms with Crippen LogP contribution in [-0.4, -0.2) is 32.3 Å². The molecule has 1 aromatic heterocycles. The van der Waals surface area contributed by atoms with Gasteiger partial charge in [0.2, 0.25) is 11.8 Å². The van der Waals surface area contributed by atoms with Crippen LogP contribution in [0.5, 0.6) is 0 Å². The minimum Gasteiger partial charge on any atom is -0.349 e. The molecule has 2 amide bonds. The van der Waals surface area contributed by atoms with Crippen molar-refractivity contribution in [1.82, 2.24) is 20.1 Å². The number of carbonyl (C=O) groups excluding carboxylic acids is 2. The summed E-state index contributed by atoms with van der Waals surface area (Å²) in [6.45, 7) is 3.32. The Labute approximate surface area is 188 Å². The van der Waals surface area contributed by atoms with Crippen molar-refractivity contribution in [2.24, 2.45) is 0 Å². The van der Waals surface area contributed by atoms with Gasteiger partial charge in [0.15, 0.2) is 5.16 Å². The molecule has 156 valence electrons. The number of hydrogen-bond acceptors (Lipinski definition) is 5. The maximum Gasteiger partial charge on any atom is 0.230 e. The molecule has 1 unspecified atom stereocenters. The number of carbonyl (C=O) groups is 2. The van der Waals surface area contributed by atoms with Crippen LogP contribution in [0.1, 0.15) is 25.5 Å². The van der Waals surface area contributed by atoms with E-state index in [2.05, 4.69) is 20.8 Å². The van der Waals surface area contributed by atoms with Crippen molar-refractivity contribution in [2.45, 2.75) is 25.0 Å². The normalized spacial score (nSPS) is 11.7. The summed E-state index contributed by atoms with van der Waals surface area (Å²) < 4.78 is 1.76. The van der Waals surface area contributed by atoms with Gasteiger partial charge in [0, 0.05) is 12.6 Å². The van der Waals surface area contributed by atoms with Crippen molar-refractivity contribution >= 4 is 52.5 Å². The molecular formula is C20H19Cl2N5O2S. The Morgan fingerprint density at radius 2 is 1.97 bits per heavy atom. The minimum atomic E-state index is -0.222. The molecule has 1 atom stereocenters. The summed E-state index contributed by atoms with van der Waals surface area (Å²) in [5, 5.41) is 15.2. The Morgan fingerprint density at radius 1 is 1.17 bits per heavy atom. The zero-order chi connectivity index (χ0) is 21.7. The molecule has 3 aromatic rings. The summed E-state index contributed by atoms with van der Waals surface area (Å²) in [7, 11) is 0. The number of anilines is 1. The van der Waals surface area contributed by atoms with Gasteiger partial charge in [0.05, 0.1) is 27.5 Å². The van der Waals surface area contributed by atoms with Crippen LogP contribution in [0.15, 0.2) is 53.9 Å². The van der Waals surface area contributed by atoms with Crippen molar-refractivity contribution in [2.75, 3.05) is 11.1 Å². The summed E-state index contributed by atoms with van der Waals surface area (Å²) in [5.41, 5.74) is 2.30. The second-order valence-corrected chi connectivity index (χ2v) is 8.22. The lowest BCUT2D eigenvalue weighted by Gasteiger charge is -2.15. The summed E-state index contributed by atoms with van der Waals surface area (Å²) >= 11 is 13.2. The molecule has 2 aromatic carbocycles. The lowest BCUT2D eigenvalue weighted by Crippen LogP contribution is -2.28. The van der Waals surface area contributed by atoms with E-state index in [1.54, 1.807) is 35.2 Å². The molecule has 10 heteroatoms. The summed E-state index contributed by atoms with van der Waals surface area (Å²) in [5.74, 6) is -0.145. The fourth-order valence-electron chi connectivity index (χ4n) is 2.72. The molecule has 1 heterocycles. The van der Waals surface area contributed by atoms with Crippen LogP contribution in [0.25, 0.3) is 5.69 Å². The lowest BCUT2D eigenvalue weighted by molar-refractivity contribution is -0.119. The van der Waals surface area contributed by atoms with Gasteiger partial charge in [0.25, 0.3) is 0 Å². The minimum absolute atomic E-state index is 0.153. The lowest BCUT2D eigenvalue weighted by atomic mass is 10.1. The van der Waals surface area contributed by atoms with Crippen molar-refractivity contribution in [1.29, 1.82) is 0 Å². The van der Waals surface area contributed by atoms with E-state index in [1.807, 2.05) is 25.1 Å². The Bertz CT molecular complexity index is 1070. The van der Waals surface area contributed by atoms with Crippen molar-refractivity contribution < 1.29 is 9.59 Å². The van der Waals surface area contributed by atoms with E-state index in [0.717, 1.165) is 11.3 Å². The van der Waals surface area contributed by atoms with Crippen LogP contribution in [0.4, 0.5) is 5.69 Å². The third kappa shape index (κ3) is 5.75. The Kier molecular flexibility index (Phi) is 7.36. The fourth-order valence-corrected chi connectivity index (χ4v) is 3.76. The molecule has 0 saturated carbocycles. The topological polar surface area (TPSA) is 88.9 Å². The Morgan fingerprint density at radius 3 is 2.70 bits per heavy atom. The van der Waals surface area contributed by atoms with E-state index in [4.69, 9.17) is 23.2 Å². The zero-order valence-electron chi connectivity index (χ0n) is 16.2. The van der Waals surface area contributed by atoms with Crippen LogP contribution in [0, 0.1) is 0 Å². The number of nitrogens with one attached hydrogen (secondary N) is 2. The van der Waals surface area contributed by atoms with Gasteiger partial charge in [0.1, 0.15) is 6.33 Å². The molecule has 3 rings (SSSR count). The third-order valence-electron chi connectivity index (χ3n) is 4.11. The van der Waals surface area contributed by atoms with Crippen LogP contribution < -0.4 is 10.6 Å². The van der Waals surface area contributed by atoms with Gasteiger partial charge in [-0.25, -0.2) is 0 Å². The number of aromatic nitrogens is 3. The van der Waals surface area contributed by atoms with Gasteiger partial charge < -0.3 is 10.6 Å². The maximum absolute atomic E-state index is 12.4. The Balaban J connectivity index is 1.63. The highest BCUT2D eigenvalue weighted by atomic mass is 35.5. The van der Waals surface area contributed by atoms with E-state index >= 15 is 0 Å². The van der Waals surface area contributed by atoms with Crippen LogP contribution in [0.3, 0.4) is 0 Å².